The van der Waals surface area contributed by atoms with E-state index in [4.69, 9.17) is 11.6 Å². The monoisotopic (exact) mass is 313 g/mol. The largest absolute Gasteiger partial charge is 0.354 e. The Morgan fingerprint density at radius 2 is 1.91 bits per heavy atom. The van der Waals surface area contributed by atoms with Crippen LogP contribution in [0.15, 0.2) is 54.9 Å². The van der Waals surface area contributed by atoms with E-state index >= 15 is 0 Å². The van der Waals surface area contributed by atoms with E-state index in [0.717, 1.165) is 16.6 Å². The molecule has 0 spiro atoms. The van der Waals surface area contributed by atoms with E-state index in [9.17, 15) is 4.79 Å². The van der Waals surface area contributed by atoms with Crippen LogP contribution < -0.4 is 5.32 Å². The van der Waals surface area contributed by atoms with Gasteiger partial charge >= 0.3 is 0 Å². The van der Waals surface area contributed by atoms with Crippen LogP contribution in [0, 0.1) is 0 Å². The van der Waals surface area contributed by atoms with Crippen molar-refractivity contribution in [2.45, 2.75) is 13.0 Å². The molecular formula is C17H16ClN3O. The summed E-state index contributed by atoms with van der Waals surface area (Å²) < 4.78 is 2.04. The van der Waals surface area contributed by atoms with E-state index in [1.54, 1.807) is 18.5 Å². The molecule has 1 N–H and O–H groups in total. The predicted octanol–water partition coefficient (Wildman–Crippen LogP) is 3.05. The van der Waals surface area contributed by atoms with E-state index in [1.165, 1.54) is 0 Å². The number of halogens is 1. The van der Waals surface area contributed by atoms with Gasteiger partial charge < -0.3 is 9.88 Å². The van der Waals surface area contributed by atoms with Gasteiger partial charge in [0.1, 0.15) is 0 Å². The number of carbonyl (C=O) groups excluding carboxylic acids is 1. The van der Waals surface area contributed by atoms with Gasteiger partial charge in [-0.15, -0.1) is 0 Å². The van der Waals surface area contributed by atoms with Crippen molar-refractivity contribution in [2.24, 2.45) is 0 Å². The Kier molecular flexibility index (Phi) is 4.39. The van der Waals surface area contributed by atoms with E-state index in [2.05, 4.69) is 10.3 Å². The lowest BCUT2D eigenvalue weighted by Crippen LogP contribution is -2.28. The number of amides is 1. The van der Waals surface area contributed by atoms with Gasteiger partial charge in [0.2, 0.25) is 5.91 Å². The van der Waals surface area contributed by atoms with Crippen molar-refractivity contribution in [1.82, 2.24) is 14.9 Å². The normalized spacial score (nSPS) is 10.8. The number of rotatable bonds is 5. The molecule has 0 aliphatic carbocycles. The Morgan fingerprint density at radius 3 is 2.73 bits per heavy atom. The summed E-state index contributed by atoms with van der Waals surface area (Å²) in [6.07, 6.45) is 2.16. The van der Waals surface area contributed by atoms with Crippen molar-refractivity contribution in [3.63, 3.8) is 0 Å². The summed E-state index contributed by atoms with van der Waals surface area (Å²) in [5.41, 5.74) is 3.00. The molecule has 0 aliphatic rings. The van der Waals surface area contributed by atoms with Gasteiger partial charge in [0.05, 0.1) is 23.8 Å². The van der Waals surface area contributed by atoms with Crippen molar-refractivity contribution >= 4 is 28.5 Å². The second-order valence-corrected chi connectivity index (χ2v) is 5.52. The van der Waals surface area contributed by atoms with Gasteiger partial charge in [-0.05, 0) is 29.8 Å². The number of carbonyl (C=O) groups is 1. The molecular weight excluding hydrogens is 298 g/mol. The lowest BCUT2D eigenvalue weighted by molar-refractivity contribution is -0.120. The third kappa shape index (κ3) is 3.46. The maximum absolute atomic E-state index is 11.9. The summed E-state index contributed by atoms with van der Waals surface area (Å²) in [4.78, 5) is 16.3. The summed E-state index contributed by atoms with van der Waals surface area (Å²) in [6.45, 7) is 1.28. The summed E-state index contributed by atoms with van der Waals surface area (Å²) in [7, 11) is 0. The van der Waals surface area contributed by atoms with E-state index < -0.39 is 0 Å². The van der Waals surface area contributed by atoms with Crippen LogP contribution in [0.2, 0.25) is 5.02 Å². The quantitative estimate of drug-likeness (QED) is 0.787. The number of nitrogens with zero attached hydrogens (tertiary/aromatic N) is 2. The van der Waals surface area contributed by atoms with Crippen LogP contribution in [0.5, 0.6) is 0 Å². The van der Waals surface area contributed by atoms with E-state index in [0.29, 0.717) is 24.5 Å². The highest BCUT2D eigenvalue weighted by molar-refractivity contribution is 6.30. The number of fused-ring (bicyclic) bond motifs is 1. The zero-order valence-corrected chi connectivity index (χ0v) is 12.8. The Bertz CT molecular complexity index is 780. The molecule has 0 fully saturated rings. The van der Waals surface area contributed by atoms with Gasteiger partial charge in [-0.2, -0.15) is 0 Å². The van der Waals surface area contributed by atoms with Crippen molar-refractivity contribution in [2.75, 3.05) is 6.54 Å². The molecule has 22 heavy (non-hydrogen) atoms. The third-order valence-corrected chi connectivity index (χ3v) is 3.73. The minimum atomic E-state index is 0.00624. The third-order valence-electron chi connectivity index (χ3n) is 3.48. The Balaban J connectivity index is 1.52. The molecule has 0 radical (unpaired) electrons. The molecule has 1 aromatic heterocycles. The van der Waals surface area contributed by atoms with Crippen molar-refractivity contribution in [1.29, 1.82) is 0 Å². The molecule has 3 rings (SSSR count). The fourth-order valence-corrected chi connectivity index (χ4v) is 2.48. The second kappa shape index (κ2) is 6.62. The summed E-state index contributed by atoms with van der Waals surface area (Å²) >= 11 is 5.83. The summed E-state index contributed by atoms with van der Waals surface area (Å²) in [6, 6.07) is 15.3. The number of imidazole rings is 1. The van der Waals surface area contributed by atoms with Crippen molar-refractivity contribution in [3.8, 4) is 0 Å². The zero-order chi connectivity index (χ0) is 15.4. The molecule has 0 atom stereocenters. The highest BCUT2D eigenvalue weighted by Crippen LogP contribution is 2.11. The van der Waals surface area contributed by atoms with Crippen LogP contribution in [0.25, 0.3) is 11.0 Å². The highest BCUT2D eigenvalue weighted by atomic mass is 35.5. The topological polar surface area (TPSA) is 46.9 Å². The Hall–Kier alpha value is -2.33. The predicted molar refractivity (Wildman–Crippen MR) is 87.9 cm³/mol. The van der Waals surface area contributed by atoms with Gasteiger partial charge in [0.15, 0.2) is 0 Å². The van der Waals surface area contributed by atoms with E-state index in [1.807, 2.05) is 41.0 Å². The van der Waals surface area contributed by atoms with Crippen LogP contribution in [-0.4, -0.2) is 22.0 Å². The molecule has 4 nitrogen and oxygen atoms in total. The molecule has 1 amide bonds. The van der Waals surface area contributed by atoms with Crippen LogP contribution in [0.3, 0.4) is 0 Å². The maximum Gasteiger partial charge on any atom is 0.224 e. The molecule has 0 bridgehead atoms. The van der Waals surface area contributed by atoms with Crippen LogP contribution in [0.1, 0.15) is 5.56 Å². The van der Waals surface area contributed by atoms with Gasteiger partial charge in [0, 0.05) is 18.1 Å². The summed E-state index contributed by atoms with van der Waals surface area (Å²) in [5.74, 6) is 0.00624. The second-order valence-electron chi connectivity index (χ2n) is 5.08. The minimum absolute atomic E-state index is 0.00624. The molecule has 2 aromatic carbocycles. The first kappa shape index (κ1) is 14.6. The maximum atomic E-state index is 11.9. The molecule has 3 aromatic rings. The molecule has 0 saturated carbocycles. The van der Waals surface area contributed by atoms with E-state index in [-0.39, 0.29) is 5.91 Å². The SMILES string of the molecule is O=C(Cc1ccc(Cl)cc1)NCCn1cnc2ccccc21. The lowest BCUT2D eigenvalue weighted by Gasteiger charge is -2.07. The zero-order valence-electron chi connectivity index (χ0n) is 12.0. The van der Waals surface area contributed by atoms with Crippen LogP contribution >= 0.6 is 11.6 Å². The smallest absolute Gasteiger partial charge is 0.224 e. The van der Waals surface area contributed by atoms with Gasteiger partial charge in [-0.1, -0.05) is 35.9 Å². The average molecular weight is 314 g/mol. The number of hydrogen-bond acceptors (Lipinski definition) is 2. The van der Waals surface area contributed by atoms with Crippen LogP contribution in [-0.2, 0) is 17.8 Å². The van der Waals surface area contributed by atoms with Gasteiger partial charge in [-0.25, -0.2) is 4.98 Å². The molecule has 1 heterocycles. The fraction of sp³-hybridized carbons (Fsp3) is 0.176. The number of benzene rings is 2. The first-order valence-corrected chi connectivity index (χ1v) is 7.51. The lowest BCUT2D eigenvalue weighted by atomic mass is 10.1. The molecule has 0 unspecified atom stereocenters. The number of aromatic nitrogens is 2. The Morgan fingerprint density at radius 1 is 1.14 bits per heavy atom. The fourth-order valence-electron chi connectivity index (χ4n) is 2.35. The standard InChI is InChI=1S/C17H16ClN3O/c18-14-7-5-13(6-8-14)11-17(22)19-9-10-21-12-20-15-3-1-2-4-16(15)21/h1-8,12H,9-11H2,(H,19,22). The first-order valence-electron chi connectivity index (χ1n) is 7.13. The average Bonchev–Trinajstić information content (AvgIpc) is 2.93. The van der Waals surface area contributed by atoms with Crippen LogP contribution in [0.4, 0.5) is 0 Å². The first-order chi connectivity index (χ1) is 10.7. The Labute approximate surface area is 133 Å². The van der Waals surface area contributed by atoms with Crippen molar-refractivity contribution in [3.05, 3.63) is 65.4 Å². The number of nitrogens with one attached hydrogen (secondary N) is 1. The highest BCUT2D eigenvalue weighted by Gasteiger charge is 2.04. The molecule has 5 heteroatoms. The summed E-state index contributed by atoms with van der Waals surface area (Å²) in [5, 5.41) is 3.61. The minimum Gasteiger partial charge on any atom is -0.354 e. The molecule has 0 saturated heterocycles. The molecule has 112 valence electrons. The number of hydrogen-bond donors (Lipinski definition) is 1. The van der Waals surface area contributed by atoms with Gasteiger partial charge in [-0.3, -0.25) is 4.79 Å². The molecule has 0 aliphatic heterocycles. The number of para-hydroxylation sites is 2. The van der Waals surface area contributed by atoms with Crippen molar-refractivity contribution < 1.29 is 4.79 Å². The van der Waals surface area contributed by atoms with Gasteiger partial charge in [0.25, 0.3) is 0 Å².